The van der Waals surface area contributed by atoms with Crippen molar-refractivity contribution >= 4 is 17.4 Å². The molecule has 0 spiro atoms. The lowest BCUT2D eigenvalue weighted by molar-refractivity contribution is -0.137. The summed E-state index contributed by atoms with van der Waals surface area (Å²) >= 11 is 0. The quantitative estimate of drug-likeness (QED) is 0.728. The number of nitrogens with two attached hydrogens (primary N) is 1. The number of hydrogen-bond acceptors (Lipinski definition) is 6. The zero-order valence-electron chi connectivity index (χ0n) is 14.3. The monoisotopic (exact) mass is 377 g/mol. The molecule has 0 saturated heterocycles. The first-order chi connectivity index (χ1) is 12.9. The smallest absolute Gasteiger partial charge is 0.383 e. The van der Waals surface area contributed by atoms with Crippen molar-refractivity contribution in [3.63, 3.8) is 0 Å². The van der Waals surface area contributed by atoms with Crippen LogP contribution in [0.5, 0.6) is 0 Å². The third kappa shape index (κ3) is 3.51. The van der Waals surface area contributed by atoms with Gasteiger partial charge in [0.15, 0.2) is 5.65 Å². The molecule has 3 aromatic heterocycles. The largest absolute Gasteiger partial charge is 0.421 e. The molecule has 0 unspecified atom stereocenters. The number of nitrogens with one attached hydrogen (secondary N) is 1. The molecule has 7 nitrogen and oxygen atoms in total. The van der Waals surface area contributed by atoms with Crippen molar-refractivity contribution in [3.8, 4) is 0 Å². The maximum atomic E-state index is 12.8. The molecule has 0 aliphatic heterocycles. The first-order valence-corrected chi connectivity index (χ1v) is 8.67. The highest BCUT2D eigenvalue weighted by Gasteiger charge is 2.34. The van der Waals surface area contributed by atoms with Gasteiger partial charge in [-0.1, -0.05) is 12.5 Å². The van der Waals surface area contributed by atoms with E-state index in [1.807, 2.05) is 28.8 Å². The van der Waals surface area contributed by atoms with Crippen LogP contribution in [0.3, 0.4) is 0 Å². The summed E-state index contributed by atoms with van der Waals surface area (Å²) in [7, 11) is 0. The average molecular weight is 377 g/mol. The predicted octanol–water partition coefficient (Wildman–Crippen LogP) is 3.26. The van der Waals surface area contributed by atoms with Gasteiger partial charge in [-0.15, -0.1) is 10.2 Å². The molecule has 3 N–H and O–H groups in total. The summed E-state index contributed by atoms with van der Waals surface area (Å²) in [6.07, 6.45) is 1.66. The number of fused-ring (bicyclic) bond motifs is 1. The molecule has 142 valence electrons. The van der Waals surface area contributed by atoms with Gasteiger partial charge in [-0.3, -0.25) is 4.40 Å². The van der Waals surface area contributed by atoms with E-state index in [9.17, 15) is 13.2 Å². The standard InChI is InChI=1S/C17H18F3N7/c18-17(19,20)12-9-22-16(24-14(12)21)23-11-5-3-4-10(8-11)15-26-25-13-6-1-2-7-27(13)15/h1-2,6-7,9-11H,3-5,8H2,(H3,21,22,23,24)/t10-,11+/m0/s1. The van der Waals surface area contributed by atoms with Crippen LogP contribution < -0.4 is 11.1 Å². The van der Waals surface area contributed by atoms with E-state index < -0.39 is 17.6 Å². The Morgan fingerprint density at radius 2 is 2.04 bits per heavy atom. The molecule has 2 atom stereocenters. The molecule has 0 aromatic carbocycles. The molecule has 1 fully saturated rings. The highest BCUT2D eigenvalue weighted by Crippen LogP contribution is 2.35. The van der Waals surface area contributed by atoms with Crippen molar-refractivity contribution in [1.82, 2.24) is 24.6 Å². The van der Waals surface area contributed by atoms with E-state index in [4.69, 9.17) is 5.73 Å². The minimum Gasteiger partial charge on any atom is -0.383 e. The second-order valence-electron chi connectivity index (χ2n) is 6.68. The number of anilines is 2. The highest BCUT2D eigenvalue weighted by atomic mass is 19.4. The van der Waals surface area contributed by atoms with Crippen LogP contribution >= 0.6 is 0 Å². The molecule has 4 rings (SSSR count). The Labute approximate surface area is 152 Å². The van der Waals surface area contributed by atoms with Crippen LogP contribution in [-0.2, 0) is 6.18 Å². The van der Waals surface area contributed by atoms with Gasteiger partial charge in [-0.25, -0.2) is 4.98 Å². The molecular formula is C17H18F3N7. The van der Waals surface area contributed by atoms with Crippen molar-refractivity contribution in [1.29, 1.82) is 0 Å². The first-order valence-electron chi connectivity index (χ1n) is 8.67. The van der Waals surface area contributed by atoms with E-state index in [-0.39, 0.29) is 17.9 Å². The van der Waals surface area contributed by atoms with Crippen molar-refractivity contribution < 1.29 is 13.2 Å². The SMILES string of the molecule is Nc1nc(N[C@@H]2CCC[C@H](c3nnc4ccccn34)C2)ncc1C(F)(F)F. The van der Waals surface area contributed by atoms with E-state index in [0.29, 0.717) is 0 Å². The number of aromatic nitrogens is 5. The number of nitrogens with zero attached hydrogens (tertiary/aromatic N) is 5. The number of hydrogen-bond donors (Lipinski definition) is 2. The van der Waals surface area contributed by atoms with Crippen LogP contribution in [0, 0.1) is 0 Å². The number of rotatable bonds is 3. The summed E-state index contributed by atoms with van der Waals surface area (Å²) in [5.41, 5.74) is 5.22. The summed E-state index contributed by atoms with van der Waals surface area (Å²) in [6, 6.07) is 5.76. The lowest BCUT2D eigenvalue weighted by Gasteiger charge is -2.29. The molecular weight excluding hydrogens is 359 g/mol. The highest BCUT2D eigenvalue weighted by molar-refractivity contribution is 5.45. The van der Waals surface area contributed by atoms with Crippen molar-refractivity contribution in [2.45, 2.75) is 43.8 Å². The Balaban J connectivity index is 1.50. The third-order valence-electron chi connectivity index (χ3n) is 4.84. The Morgan fingerprint density at radius 1 is 1.19 bits per heavy atom. The average Bonchev–Trinajstić information content (AvgIpc) is 3.05. The van der Waals surface area contributed by atoms with Gasteiger partial charge in [0.1, 0.15) is 17.2 Å². The van der Waals surface area contributed by atoms with Gasteiger partial charge in [-0.05, 0) is 31.4 Å². The Morgan fingerprint density at radius 3 is 2.81 bits per heavy atom. The maximum absolute atomic E-state index is 12.8. The first kappa shape index (κ1) is 17.5. The number of halogens is 3. The van der Waals surface area contributed by atoms with Crippen LogP contribution in [0.25, 0.3) is 5.65 Å². The van der Waals surface area contributed by atoms with Gasteiger partial charge >= 0.3 is 6.18 Å². The third-order valence-corrected chi connectivity index (χ3v) is 4.84. The van der Waals surface area contributed by atoms with Gasteiger partial charge in [0.25, 0.3) is 0 Å². The minimum absolute atomic E-state index is 0.0240. The maximum Gasteiger partial charge on any atom is 0.421 e. The zero-order chi connectivity index (χ0) is 19.0. The summed E-state index contributed by atoms with van der Waals surface area (Å²) in [6.45, 7) is 0. The number of nitrogen functional groups attached to an aromatic ring is 1. The molecule has 3 heterocycles. The molecule has 1 aliphatic rings. The number of pyridine rings is 1. The normalized spacial score (nSPS) is 20.7. The van der Waals surface area contributed by atoms with Gasteiger partial charge in [0.05, 0.1) is 0 Å². The van der Waals surface area contributed by atoms with E-state index in [2.05, 4.69) is 25.5 Å². The topological polar surface area (TPSA) is 94.0 Å². The van der Waals surface area contributed by atoms with Crippen molar-refractivity contribution in [2.75, 3.05) is 11.1 Å². The molecule has 0 amide bonds. The summed E-state index contributed by atoms with van der Waals surface area (Å²) in [5, 5.41) is 11.6. The molecule has 1 saturated carbocycles. The molecule has 0 bridgehead atoms. The van der Waals surface area contributed by atoms with Gasteiger partial charge in [-0.2, -0.15) is 18.2 Å². The van der Waals surface area contributed by atoms with Crippen LogP contribution in [-0.4, -0.2) is 30.6 Å². The molecule has 10 heteroatoms. The second kappa shape index (κ2) is 6.67. The Bertz CT molecular complexity index is 953. The van der Waals surface area contributed by atoms with Crippen LogP contribution in [0.15, 0.2) is 30.6 Å². The van der Waals surface area contributed by atoms with Crippen LogP contribution in [0.4, 0.5) is 24.9 Å². The lowest BCUT2D eigenvalue weighted by atomic mass is 9.85. The number of alkyl halides is 3. The molecule has 27 heavy (non-hydrogen) atoms. The van der Waals surface area contributed by atoms with Crippen molar-refractivity contribution in [2.24, 2.45) is 0 Å². The fraction of sp³-hybridized carbons (Fsp3) is 0.412. The van der Waals surface area contributed by atoms with E-state index >= 15 is 0 Å². The van der Waals surface area contributed by atoms with Gasteiger partial charge in [0.2, 0.25) is 5.95 Å². The molecule has 0 radical (unpaired) electrons. The minimum atomic E-state index is -4.56. The predicted molar refractivity (Wildman–Crippen MR) is 93.1 cm³/mol. The zero-order valence-corrected chi connectivity index (χ0v) is 14.3. The summed E-state index contributed by atoms with van der Waals surface area (Å²) in [4.78, 5) is 7.56. The van der Waals surface area contributed by atoms with Gasteiger partial charge < -0.3 is 11.1 Å². The van der Waals surface area contributed by atoms with Crippen LogP contribution in [0.1, 0.15) is 43.0 Å². The Kier molecular flexibility index (Phi) is 4.33. The summed E-state index contributed by atoms with van der Waals surface area (Å²) < 4.78 is 40.3. The van der Waals surface area contributed by atoms with E-state index in [1.165, 1.54) is 0 Å². The van der Waals surface area contributed by atoms with Crippen LogP contribution in [0.2, 0.25) is 0 Å². The fourth-order valence-corrected chi connectivity index (χ4v) is 3.56. The fourth-order valence-electron chi connectivity index (χ4n) is 3.56. The van der Waals surface area contributed by atoms with Gasteiger partial charge in [0, 0.05) is 24.4 Å². The van der Waals surface area contributed by atoms with E-state index in [1.54, 1.807) is 0 Å². The van der Waals surface area contributed by atoms with E-state index in [0.717, 1.165) is 43.4 Å². The molecule has 3 aromatic rings. The molecule has 1 aliphatic carbocycles. The Hall–Kier alpha value is -2.91. The summed E-state index contributed by atoms with van der Waals surface area (Å²) in [5.74, 6) is 0.624. The van der Waals surface area contributed by atoms with Crippen molar-refractivity contribution in [3.05, 3.63) is 42.0 Å². The lowest BCUT2D eigenvalue weighted by Crippen LogP contribution is -2.28. The second-order valence-corrected chi connectivity index (χ2v) is 6.68.